The number of rotatable bonds is 4. The fraction of sp³-hybridized carbons (Fsp3) is 0.545. The van der Waals surface area contributed by atoms with Gasteiger partial charge in [0.05, 0.1) is 6.61 Å². The van der Waals surface area contributed by atoms with Gasteiger partial charge in [0, 0.05) is 30.5 Å². The highest BCUT2D eigenvalue weighted by molar-refractivity contribution is 5.51. The molecule has 0 unspecified atom stereocenters. The Morgan fingerprint density at radius 1 is 1.53 bits per heavy atom. The summed E-state index contributed by atoms with van der Waals surface area (Å²) in [6, 6.07) is 4.18. The molecule has 0 atom stereocenters. The molecule has 0 aliphatic heterocycles. The third-order valence-corrected chi connectivity index (χ3v) is 2.92. The summed E-state index contributed by atoms with van der Waals surface area (Å²) >= 11 is 0. The predicted octanol–water partition coefficient (Wildman–Crippen LogP) is 1.01. The van der Waals surface area contributed by atoms with Gasteiger partial charge in [0.15, 0.2) is 0 Å². The monoisotopic (exact) mass is 207 g/mol. The van der Waals surface area contributed by atoms with Crippen LogP contribution in [0.15, 0.2) is 18.3 Å². The maximum Gasteiger partial charge on any atom is 0.130 e. The largest absolute Gasteiger partial charge is 0.399 e. The Bertz CT molecular complexity index is 325. The van der Waals surface area contributed by atoms with E-state index in [9.17, 15) is 0 Å². The Hall–Kier alpha value is -1.29. The van der Waals surface area contributed by atoms with Gasteiger partial charge >= 0.3 is 0 Å². The number of anilines is 2. The Kier molecular flexibility index (Phi) is 3.06. The second kappa shape index (κ2) is 4.49. The van der Waals surface area contributed by atoms with Gasteiger partial charge in [-0.15, -0.1) is 0 Å². The number of aliphatic hydroxyl groups excluding tert-OH is 1. The van der Waals surface area contributed by atoms with Crippen LogP contribution in [0.1, 0.15) is 19.3 Å². The molecule has 0 spiro atoms. The average Bonchev–Trinajstić information content (AvgIpc) is 2.14. The van der Waals surface area contributed by atoms with Crippen LogP contribution in [-0.2, 0) is 0 Å². The zero-order chi connectivity index (χ0) is 10.7. The molecule has 1 saturated carbocycles. The van der Waals surface area contributed by atoms with Gasteiger partial charge in [0.2, 0.25) is 0 Å². The van der Waals surface area contributed by atoms with Crippen molar-refractivity contribution in [2.24, 2.45) is 0 Å². The second-order valence-electron chi connectivity index (χ2n) is 3.95. The van der Waals surface area contributed by atoms with Crippen molar-refractivity contribution in [3.05, 3.63) is 18.3 Å². The molecule has 0 saturated heterocycles. The molecular formula is C11H17N3O. The molecule has 1 fully saturated rings. The van der Waals surface area contributed by atoms with Gasteiger partial charge in [-0.05, 0) is 25.3 Å². The molecule has 4 heteroatoms. The SMILES string of the molecule is Nc1ccnc(N(CCO)C2CCC2)c1. The summed E-state index contributed by atoms with van der Waals surface area (Å²) in [5.74, 6) is 0.883. The van der Waals surface area contributed by atoms with Gasteiger partial charge in [0.25, 0.3) is 0 Å². The van der Waals surface area contributed by atoms with E-state index in [0.717, 1.165) is 11.5 Å². The summed E-state index contributed by atoms with van der Waals surface area (Å²) in [7, 11) is 0. The maximum atomic E-state index is 9.04. The Morgan fingerprint density at radius 3 is 2.87 bits per heavy atom. The highest BCUT2D eigenvalue weighted by Crippen LogP contribution is 2.28. The minimum Gasteiger partial charge on any atom is -0.399 e. The number of aliphatic hydroxyl groups is 1. The van der Waals surface area contributed by atoms with Gasteiger partial charge in [-0.1, -0.05) is 0 Å². The average molecular weight is 207 g/mol. The van der Waals surface area contributed by atoms with Gasteiger partial charge in [0.1, 0.15) is 5.82 Å². The maximum absolute atomic E-state index is 9.04. The minimum atomic E-state index is 0.160. The van der Waals surface area contributed by atoms with Crippen LogP contribution in [0.25, 0.3) is 0 Å². The van der Waals surface area contributed by atoms with E-state index in [1.54, 1.807) is 12.3 Å². The lowest BCUT2D eigenvalue weighted by Crippen LogP contribution is -2.42. The van der Waals surface area contributed by atoms with Crippen LogP contribution in [0, 0.1) is 0 Å². The lowest BCUT2D eigenvalue weighted by atomic mass is 9.91. The quantitative estimate of drug-likeness (QED) is 0.773. The molecule has 1 aliphatic rings. The van der Waals surface area contributed by atoms with Crippen molar-refractivity contribution in [1.29, 1.82) is 0 Å². The van der Waals surface area contributed by atoms with Gasteiger partial charge in [-0.3, -0.25) is 0 Å². The van der Waals surface area contributed by atoms with Crippen LogP contribution in [0.4, 0.5) is 11.5 Å². The lowest BCUT2D eigenvalue weighted by Gasteiger charge is -2.38. The third kappa shape index (κ3) is 2.21. The van der Waals surface area contributed by atoms with E-state index in [1.165, 1.54) is 19.3 Å². The van der Waals surface area contributed by atoms with Crippen molar-refractivity contribution in [1.82, 2.24) is 4.98 Å². The van der Waals surface area contributed by atoms with Crippen LogP contribution in [0.5, 0.6) is 0 Å². The molecule has 2 rings (SSSR count). The Labute approximate surface area is 89.7 Å². The van der Waals surface area contributed by atoms with Crippen LogP contribution in [-0.4, -0.2) is 29.3 Å². The molecule has 0 amide bonds. The zero-order valence-electron chi connectivity index (χ0n) is 8.76. The minimum absolute atomic E-state index is 0.160. The smallest absolute Gasteiger partial charge is 0.130 e. The summed E-state index contributed by atoms with van der Waals surface area (Å²) in [6.45, 7) is 0.800. The van der Waals surface area contributed by atoms with Gasteiger partial charge in [-0.25, -0.2) is 4.98 Å². The van der Waals surface area contributed by atoms with Gasteiger partial charge < -0.3 is 15.7 Å². The fourth-order valence-electron chi connectivity index (χ4n) is 1.88. The second-order valence-corrected chi connectivity index (χ2v) is 3.95. The van der Waals surface area contributed by atoms with E-state index < -0.39 is 0 Å². The van der Waals surface area contributed by atoms with Crippen molar-refractivity contribution in [3.8, 4) is 0 Å². The van der Waals surface area contributed by atoms with Gasteiger partial charge in [-0.2, -0.15) is 0 Å². The highest BCUT2D eigenvalue weighted by Gasteiger charge is 2.25. The van der Waals surface area contributed by atoms with E-state index in [-0.39, 0.29) is 6.61 Å². The number of nitrogen functional groups attached to an aromatic ring is 1. The Morgan fingerprint density at radius 2 is 2.33 bits per heavy atom. The van der Waals surface area contributed by atoms with E-state index in [4.69, 9.17) is 10.8 Å². The van der Waals surface area contributed by atoms with Crippen LogP contribution >= 0.6 is 0 Å². The standard InChI is InChI=1S/C11H17N3O/c12-9-4-5-13-11(8-9)14(6-7-15)10-2-1-3-10/h4-5,8,10,15H,1-3,6-7H2,(H2,12,13). The van der Waals surface area contributed by atoms with Crippen molar-refractivity contribution in [2.45, 2.75) is 25.3 Å². The number of nitrogens with two attached hydrogens (primary N) is 1. The zero-order valence-corrected chi connectivity index (χ0v) is 8.76. The molecule has 0 bridgehead atoms. The van der Waals surface area contributed by atoms with Crippen LogP contribution in [0.3, 0.4) is 0 Å². The first kappa shape index (κ1) is 10.2. The molecule has 1 heterocycles. The van der Waals surface area contributed by atoms with E-state index in [0.29, 0.717) is 12.6 Å². The summed E-state index contributed by atoms with van der Waals surface area (Å²) < 4.78 is 0. The molecule has 1 aliphatic carbocycles. The molecule has 3 N–H and O–H groups in total. The van der Waals surface area contributed by atoms with Crippen molar-refractivity contribution in [2.75, 3.05) is 23.8 Å². The molecule has 1 aromatic heterocycles. The number of nitrogens with zero attached hydrogens (tertiary/aromatic N) is 2. The first-order valence-electron chi connectivity index (χ1n) is 5.40. The highest BCUT2D eigenvalue weighted by atomic mass is 16.3. The molecule has 1 aromatic rings. The number of pyridine rings is 1. The third-order valence-electron chi connectivity index (χ3n) is 2.92. The molecule has 0 radical (unpaired) electrons. The van der Waals surface area contributed by atoms with Crippen molar-refractivity contribution < 1.29 is 5.11 Å². The number of hydrogen-bond acceptors (Lipinski definition) is 4. The first-order valence-corrected chi connectivity index (χ1v) is 5.40. The van der Waals surface area contributed by atoms with E-state index in [2.05, 4.69) is 9.88 Å². The molecule has 82 valence electrons. The lowest BCUT2D eigenvalue weighted by molar-refractivity contribution is 0.283. The summed E-state index contributed by atoms with van der Waals surface area (Å²) in [4.78, 5) is 6.45. The number of hydrogen-bond donors (Lipinski definition) is 2. The summed E-state index contributed by atoms with van der Waals surface area (Å²) in [5.41, 5.74) is 6.45. The molecule has 4 nitrogen and oxygen atoms in total. The molecule has 15 heavy (non-hydrogen) atoms. The first-order chi connectivity index (χ1) is 7.31. The van der Waals surface area contributed by atoms with Crippen LogP contribution in [0.2, 0.25) is 0 Å². The Balaban J connectivity index is 2.15. The van der Waals surface area contributed by atoms with Crippen molar-refractivity contribution in [3.63, 3.8) is 0 Å². The van der Waals surface area contributed by atoms with E-state index in [1.807, 2.05) is 6.07 Å². The normalized spacial score (nSPS) is 16.1. The predicted molar refractivity (Wildman–Crippen MR) is 60.7 cm³/mol. The topological polar surface area (TPSA) is 62.4 Å². The molecule has 0 aromatic carbocycles. The summed E-state index contributed by atoms with van der Waals surface area (Å²) in [6.07, 6.45) is 5.37. The summed E-state index contributed by atoms with van der Waals surface area (Å²) in [5, 5.41) is 9.04. The van der Waals surface area contributed by atoms with Crippen molar-refractivity contribution >= 4 is 11.5 Å². The number of aromatic nitrogens is 1. The fourth-order valence-corrected chi connectivity index (χ4v) is 1.88. The van der Waals surface area contributed by atoms with E-state index >= 15 is 0 Å². The molecular weight excluding hydrogens is 190 g/mol. The van der Waals surface area contributed by atoms with Crippen LogP contribution < -0.4 is 10.6 Å².